The predicted molar refractivity (Wildman–Crippen MR) is 75.0 cm³/mol. The van der Waals surface area contributed by atoms with Crippen LogP contribution >= 0.6 is 0 Å². The molecule has 2 amide bonds. The van der Waals surface area contributed by atoms with Crippen molar-refractivity contribution in [3.8, 4) is 0 Å². The van der Waals surface area contributed by atoms with Crippen molar-refractivity contribution in [2.75, 3.05) is 20.6 Å². The van der Waals surface area contributed by atoms with Crippen molar-refractivity contribution in [3.63, 3.8) is 0 Å². The summed E-state index contributed by atoms with van der Waals surface area (Å²) in [7, 11) is 3.44. The van der Waals surface area contributed by atoms with Crippen LogP contribution < -0.4 is 16.0 Å². The maximum Gasteiger partial charge on any atom is 0.408 e. The molecule has 0 bridgehead atoms. The van der Waals surface area contributed by atoms with Gasteiger partial charge in [0.25, 0.3) is 0 Å². The molecule has 0 rings (SSSR count). The minimum Gasteiger partial charge on any atom is -0.444 e. The van der Waals surface area contributed by atoms with E-state index in [9.17, 15) is 9.59 Å². The van der Waals surface area contributed by atoms with Gasteiger partial charge in [0.2, 0.25) is 5.91 Å². The van der Waals surface area contributed by atoms with E-state index >= 15 is 0 Å². The van der Waals surface area contributed by atoms with Gasteiger partial charge in [0.1, 0.15) is 11.6 Å². The Kier molecular flexibility index (Phi) is 8.14. The van der Waals surface area contributed by atoms with Crippen LogP contribution in [0.4, 0.5) is 4.79 Å². The first-order valence-electron chi connectivity index (χ1n) is 6.66. The standard InChI is InChI=1S/C13H27N3O3/c1-13(2,3)19-12(18)16-10(11(17)15-5)8-6-7-9-14-4/h10,14H,6-9H2,1-5H3,(H,15,17)(H,16,18). The Morgan fingerprint density at radius 2 is 1.79 bits per heavy atom. The van der Waals surface area contributed by atoms with Crippen molar-refractivity contribution < 1.29 is 14.3 Å². The van der Waals surface area contributed by atoms with E-state index in [-0.39, 0.29) is 5.91 Å². The summed E-state index contributed by atoms with van der Waals surface area (Å²) in [5, 5.41) is 8.20. The summed E-state index contributed by atoms with van der Waals surface area (Å²) in [5.41, 5.74) is -0.566. The molecule has 0 aliphatic carbocycles. The van der Waals surface area contributed by atoms with Crippen LogP contribution in [0.5, 0.6) is 0 Å². The van der Waals surface area contributed by atoms with Crippen LogP contribution in [-0.4, -0.2) is 44.3 Å². The molecule has 0 aromatic heterocycles. The number of nitrogens with one attached hydrogen (secondary N) is 3. The van der Waals surface area contributed by atoms with Crippen LogP contribution in [0.3, 0.4) is 0 Å². The van der Waals surface area contributed by atoms with Crippen molar-refractivity contribution in [1.82, 2.24) is 16.0 Å². The lowest BCUT2D eigenvalue weighted by molar-refractivity contribution is -0.122. The first kappa shape index (κ1) is 17.7. The Morgan fingerprint density at radius 3 is 2.26 bits per heavy atom. The fourth-order valence-electron chi connectivity index (χ4n) is 1.54. The second kappa shape index (κ2) is 8.74. The largest absolute Gasteiger partial charge is 0.444 e. The van der Waals surface area contributed by atoms with E-state index in [1.807, 2.05) is 7.05 Å². The van der Waals surface area contributed by atoms with Crippen LogP contribution in [0, 0.1) is 0 Å². The summed E-state index contributed by atoms with van der Waals surface area (Å²) in [6, 6.07) is -0.545. The first-order valence-corrected chi connectivity index (χ1v) is 6.66. The second-order valence-electron chi connectivity index (χ2n) is 5.41. The molecule has 1 unspecified atom stereocenters. The first-order chi connectivity index (χ1) is 8.80. The molecule has 6 heteroatoms. The monoisotopic (exact) mass is 273 g/mol. The third kappa shape index (κ3) is 9.30. The summed E-state index contributed by atoms with van der Waals surface area (Å²) in [5.74, 6) is -0.199. The average molecular weight is 273 g/mol. The summed E-state index contributed by atoms with van der Waals surface area (Å²) < 4.78 is 5.15. The number of likely N-dealkylation sites (N-methyl/N-ethyl adjacent to an activating group) is 1. The number of alkyl carbamates (subject to hydrolysis) is 1. The second-order valence-corrected chi connectivity index (χ2v) is 5.41. The predicted octanol–water partition coefficient (Wildman–Crippen LogP) is 1.02. The number of rotatable bonds is 7. The molecule has 112 valence electrons. The number of carbonyl (C=O) groups excluding carboxylic acids is 2. The average Bonchev–Trinajstić information content (AvgIpc) is 2.29. The zero-order valence-electron chi connectivity index (χ0n) is 12.6. The van der Waals surface area contributed by atoms with Gasteiger partial charge in [-0.15, -0.1) is 0 Å². The summed E-state index contributed by atoms with van der Waals surface area (Å²) >= 11 is 0. The Hall–Kier alpha value is -1.30. The Morgan fingerprint density at radius 1 is 1.16 bits per heavy atom. The van der Waals surface area contributed by atoms with Crippen LogP contribution in [-0.2, 0) is 9.53 Å². The smallest absolute Gasteiger partial charge is 0.408 e. The van der Waals surface area contributed by atoms with E-state index in [2.05, 4.69) is 16.0 Å². The van der Waals surface area contributed by atoms with Crippen molar-refractivity contribution in [3.05, 3.63) is 0 Å². The van der Waals surface area contributed by atoms with Crippen molar-refractivity contribution in [2.45, 2.75) is 51.7 Å². The highest BCUT2D eigenvalue weighted by molar-refractivity contribution is 5.85. The van der Waals surface area contributed by atoms with Gasteiger partial charge in [-0.3, -0.25) is 4.79 Å². The normalized spacial score (nSPS) is 12.7. The van der Waals surface area contributed by atoms with Crippen molar-refractivity contribution in [2.24, 2.45) is 0 Å². The number of hydrogen-bond donors (Lipinski definition) is 3. The highest BCUT2D eigenvalue weighted by Crippen LogP contribution is 2.08. The van der Waals surface area contributed by atoms with E-state index in [4.69, 9.17) is 4.74 Å². The molecule has 0 aromatic carbocycles. The molecular formula is C13H27N3O3. The molecule has 0 heterocycles. The highest BCUT2D eigenvalue weighted by atomic mass is 16.6. The molecule has 0 aromatic rings. The van der Waals surface area contributed by atoms with Gasteiger partial charge in [-0.25, -0.2) is 4.79 Å². The lowest BCUT2D eigenvalue weighted by Gasteiger charge is -2.23. The van der Waals surface area contributed by atoms with Crippen LogP contribution in [0.2, 0.25) is 0 Å². The molecule has 0 aliphatic rings. The highest BCUT2D eigenvalue weighted by Gasteiger charge is 2.23. The maximum atomic E-state index is 11.7. The fraction of sp³-hybridized carbons (Fsp3) is 0.846. The number of amides is 2. The summed E-state index contributed by atoms with van der Waals surface area (Å²) in [4.78, 5) is 23.3. The van der Waals surface area contributed by atoms with Crippen LogP contribution in [0.25, 0.3) is 0 Å². The maximum absolute atomic E-state index is 11.7. The summed E-state index contributed by atoms with van der Waals surface area (Å²) in [6.45, 7) is 6.25. The Labute approximate surface area is 115 Å². The summed E-state index contributed by atoms with van der Waals surface area (Å²) in [6.07, 6.45) is 1.85. The third-order valence-electron chi connectivity index (χ3n) is 2.42. The van der Waals surface area contributed by atoms with Gasteiger partial charge in [0, 0.05) is 7.05 Å². The van der Waals surface area contributed by atoms with E-state index < -0.39 is 17.7 Å². The number of carbonyl (C=O) groups is 2. The van der Waals surface area contributed by atoms with Gasteiger partial charge in [0.15, 0.2) is 0 Å². The van der Waals surface area contributed by atoms with E-state index in [0.717, 1.165) is 19.4 Å². The SMILES string of the molecule is CNCCCCC(NC(=O)OC(C)(C)C)C(=O)NC. The molecule has 1 atom stereocenters. The Bertz CT molecular complexity index is 287. The molecule has 0 spiro atoms. The number of unbranched alkanes of at least 4 members (excludes halogenated alkanes) is 1. The van der Waals surface area contributed by atoms with Gasteiger partial charge < -0.3 is 20.7 Å². The molecule has 6 nitrogen and oxygen atoms in total. The number of ether oxygens (including phenoxy) is 1. The van der Waals surface area contributed by atoms with Gasteiger partial charge in [-0.05, 0) is 53.6 Å². The molecule has 19 heavy (non-hydrogen) atoms. The number of hydrogen-bond acceptors (Lipinski definition) is 4. The topological polar surface area (TPSA) is 79.5 Å². The lowest BCUT2D eigenvalue weighted by Crippen LogP contribution is -2.47. The van der Waals surface area contributed by atoms with Crippen molar-refractivity contribution in [1.29, 1.82) is 0 Å². The van der Waals surface area contributed by atoms with E-state index in [0.29, 0.717) is 6.42 Å². The quantitative estimate of drug-likeness (QED) is 0.605. The molecule has 0 saturated carbocycles. The van der Waals surface area contributed by atoms with Gasteiger partial charge in [-0.2, -0.15) is 0 Å². The molecule has 0 aliphatic heterocycles. The van der Waals surface area contributed by atoms with E-state index in [1.54, 1.807) is 27.8 Å². The van der Waals surface area contributed by atoms with Crippen molar-refractivity contribution >= 4 is 12.0 Å². The van der Waals surface area contributed by atoms with Gasteiger partial charge in [-0.1, -0.05) is 0 Å². The molecule has 0 fully saturated rings. The lowest BCUT2D eigenvalue weighted by atomic mass is 10.1. The zero-order valence-corrected chi connectivity index (χ0v) is 12.6. The minimum atomic E-state index is -0.566. The molecular weight excluding hydrogens is 246 g/mol. The van der Waals surface area contributed by atoms with Gasteiger partial charge in [0.05, 0.1) is 0 Å². The molecule has 0 saturated heterocycles. The molecule has 0 radical (unpaired) electrons. The zero-order chi connectivity index (χ0) is 14.9. The third-order valence-corrected chi connectivity index (χ3v) is 2.42. The minimum absolute atomic E-state index is 0.199. The van der Waals surface area contributed by atoms with Gasteiger partial charge >= 0.3 is 6.09 Å². The van der Waals surface area contributed by atoms with E-state index in [1.165, 1.54) is 0 Å². The molecule has 3 N–H and O–H groups in total. The Balaban J connectivity index is 4.27. The fourth-order valence-corrected chi connectivity index (χ4v) is 1.54. The van der Waals surface area contributed by atoms with Crippen LogP contribution in [0.1, 0.15) is 40.0 Å². The van der Waals surface area contributed by atoms with Crippen LogP contribution in [0.15, 0.2) is 0 Å².